The summed E-state index contributed by atoms with van der Waals surface area (Å²) >= 11 is 5.78. The van der Waals surface area contributed by atoms with E-state index in [1.807, 2.05) is 18.7 Å². The van der Waals surface area contributed by atoms with Gasteiger partial charge in [0.1, 0.15) is 5.82 Å². The van der Waals surface area contributed by atoms with Crippen LogP contribution in [0.5, 0.6) is 0 Å². The lowest BCUT2D eigenvalue weighted by molar-refractivity contribution is -0.131. The zero-order chi connectivity index (χ0) is 14.0. The van der Waals surface area contributed by atoms with Crippen molar-refractivity contribution in [2.75, 3.05) is 13.1 Å². The zero-order valence-corrected chi connectivity index (χ0v) is 12.1. The topological polar surface area (TPSA) is 20.3 Å². The molecule has 0 N–H and O–H groups in total. The minimum Gasteiger partial charge on any atom is -0.343 e. The lowest BCUT2D eigenvalue weighted by atomic mass is 9.86. The molecular weight excluding hydrogens is 265 g/mol. The molecule has 1 aromatic rings. The fourth-order valence-corrected chi connectivity index (χ4v) is 2.98. The third-order valence-electron chi connectivity index (χ3n) is 3.90. The van der Waals surface area contributed by atoms with Gasteiger partial charge in [0, 0.05) is 19.5 Å². The average molecular weight is 284 g/mol. The molecule has 0 atom stereocenters. The Morgan fingerprint density at radius 1 is 1.42 bits per heavy atom. The van der Waals surface area contributed by atoms with E-state index in [4.69, 9.17) is 11.6 Å². The molecule has 0 saturated carbocycles. The van der Waals surface area contributed by atoms with Crippen molar-refractivity contribution in [2.24, 2.45) is 0 Å². The maximum absolute atomic E-state index is 13.6. The summed E-state index contributed by atoms with van der Waals surface area (Å²) in [5, 5.41) is 0.180. The van der Waals surface area contributed by atoms with Crippen molar-refractivity contribution in [3.05, 3.63) is 34.1 Å². The van der Waals surface area contributed by atoms with E-state index in [0.29, 0.717) is 12.3 Å². The number of halogens is 2. The molecule has 1 fully saturated rings. The summed E-state index contributed by atoms with van der Waals surface area (Å²) in [5.41, 5.74) is 2.07. The molecule has 4 heteroatoms. The van der Waals surface area contributed by atoms with Crippen LogP contribution in [0, 0.1) is 12.7 Å². The summed E-state index contributed by atoms with van der Waals surface area (Å²) in [6.45, 7) is 5.37. The number of carbonyl (C=O) groups is 1. The van der Waals surface area contributed by atoms with Crippen molar-refractivity contribution in [1.82, 2.24) is 4.90 Å². The number of hydrogen-bond donors (Lipinski definition) is 0. The smallest absolute Gasteiger partial charge is 0.222 e. The SMILES string of the molecule is CCC(=O)N1CCC(c2cc(F)c(Cl)cc2C)CC1. The number of amides is 1. The molecule has 1 saturated heterocycles. The second-order valence-electron chi connectivity index (χ2n) is 5.13. The fourth-order valence-electron chi connectivity index (χ4n) is 2.76. The summed E-state index contributed by atoms with van der Waals surface area (Å²) in [4.78, 5) is 13.5. The Balaban J connectivity index is 2.10. The van der Waals surface area contributed by atoms with Gasteiger partial charge < -0.3 is 4.90 Å². The molecule has 0 aromatic heterocycles. The Labute approximate surface area is 118 Å². The van der Waals surface area contributed by atoms with Gasteiger partial charge in [0.25, 0.3) is 0 Å². The van der Waals surface area contributed by atoms with Crippen LogP contribution in [0.15, 0.2) is 12.1 Å². The highest BCUT2D eigenvalue weighted by Gasteiger charge is 2.24. The Morgan fingerprint density at radius 3 is 2.63 bits per heavy atom. The maximum atomic E-state index is 13.6. The molecule has 1 aromatic carbocycles. The summed E-state index contributed by atoms with van der Waals surface area (Å²) in [6.07, 6.45) is 2.35. The highest BCUT2D eigenvalue weighted by atomic mass is 35.5. The third-order valence-corrected chi connectivity index (χ3v) is 4.19. The van der Waals surface area contributed by atoms with E-state index in [-0.39, 0.29) is 16.7 Å². The number of nitrogens with zero attached hydrogens (tertiary/aromatic N) is 1. The van der Waals surface area contributed by atoms with Gasteiger partial charge in [0.2, 0.25) is 5.91 Å². The van der Waals surface area contributed by atoms with E-state index in [9.17, 15) is 9.18 Å². The maximum Gasteiger partial charge on any atom is 0.222 e. The minimum absolute atomic E-state index is 0.180. The summed E-state index contributed by atoms with van der Waals surface area (Å²) in [6, 6.07) is 3.25. The van der Waals surface area contributed by atoms with Crippen LogP contribution in [0.4, 0.5) is 4.39 Å². The van der Waals surface area contributed by atoms with E-state index in [1.165, 1.54) is 0 Å². The van der Waals surface area contributed by atoms with Crippen LogP contribution in [0.2, 0.25) is 5.02 Å². The lowest BCUT2D eigenvalue weighted by Gasteiger charge is -2.32. The molecule has 0 spiro atoms. The predicted molar refractivity (Wildman–Crippen MR) is 75.0 cm³/mol. The molecule has 0 radical (unpaired) electrons. The van der Waals surface area contributed by atoms with E-state index >= 15 is 0 Å². The van der Waals surface area contributed by atoms with Crippen molar-refractivity contribution >= 4 is 17.5 Å². The van der Waals surface area contributed by atoms with Gasteiger partial charge in [-0.05, 0) is 48.9 Å². The molecular formula is C15H19ClFNO. The Kier molecular flexibility index (Phi) is 4.46. The normalized spacial score (nSPS) is 16.7. The first-order chi connectivity index (χ1) is 9.02. The third kappa shape index (κ3) is 3.08. The standard InChI is InChI=1S/C15H19ClFNO/c1-3-15(19)18-6-4-11(5-7-18)12-9-14(17)13(16)8-10(12)2/h8-9,11H,3-7H2,1-2H3. The molecule has 1 aliphatic rings. The van der Waals surface area contributed by atoms with Crippen molar-refractivity contribution in [1.29, 1.82) is 0 Å². The molecule has 0 unspecified atom stereocenters. The molecule has 1 amide bonds. The molecule has 0 bridgehead atoms. The first-order valence-electron chi connectivity index (χ1n) is 6.76. The van der Waals surface area contributed by atoms with Crippen LogP contribution in [0.25, 0.3) is 0 Å². The largest absolute Gasteiger partial charge is 0.343 e. The van der Waals surface area contributed by atoms with Crippen molar-refractivity contribution in [3.8, 4) is 0 Å². The van der Waals surface area contributed by atoms with Crippen molar-refractivity contribution < 1.29 is 9.18 Å². The number of likely N-dealkylation sites (tertiary alicyclic amines) is 1. The van der Waals surface area contributed by atoms with Crippen LogP contribution in [0.1, 0.15) is 43.2 Å². The highest BCUT2D eigenvalue weighted by Crippen LogP contribution is 2.32. The first-order valence-corrected chi connectivity index (χ1v) is 7.14. The number of carbonyl (C=O) groups excluding carboxylic acids is 1. The van der Waals surface area contributed by atoms with Gasteiger partial charge in [-0.25, -0.2) is 4.39 Å². The van der Waals surface area contributed by atoms with Gasteiger partial charge in [-0.2, -0.15) is 0 Å². The molecule has 1 aliphatic heterocycles. The van der Waals surface area contributed by atoms with E-state index in [0.717, 1.165) is 37.1 Å². The number of piperidine rings is 1. The number of aryl methyl sites for hydroxylation is 1. The van der Waals surface area contributed by atoms with Gasteiger partial charge in [-0.15, -0.1) is 0 Å². The Morgan fingerprint density at radius 2 is 2.05 bits per heavy atom. The van der Waals surface area contributed by atoms with Crippen molar-refractivity contribution in [3.63, 3.8) is 0 Å². The van der Waals surface area contributed by atoms with Gasteiger partial charge in [0.05, 0.1) is 5.02 Å². The van der Waals surface area contributed by atoms with E-state index in [2.05, 4.69) is 0 Å². The Bertz CT molecular complexity index is 481. The lowest BCUT2D eigenvalue weighted by Crippen LogP contribution is -2.37. The van der Waals surface area contributed by atoms with E-state index < -0.39 is 0 Å². The summed E-state index contributed by atoms with van der Waals surface area (Å²) in [5.74, 6) is 0.180. The summed E-state index contributed by atoms with van der Waals surface area (Å²) < 4.78 is 13.6. The number of hydrogen-bond acceptors (Lipinski definition) is 1. The molecule has 19 heavy (non-hydrogen) atoms. The van der Waals surface area contributed by atoms with Gasteiger partial charge in [0.15, 0.2) is 0 Å². The average Bonchev–Trinajstić information content (AvgIpc) is 2.42. The van der Waals surface area contributed by atoms with Crippen LogP contribution < -0.4 is 0 Å². The quantitative estimate of drug-likeness (QED) is 0.806. The van der Waals surface area contributed by atoms with Crippen LogP contribution >= 0.6 is 11.6 Å². The van der Waals surface area contributed by atoms with Crippen LogP contribution in [-0.2, 0) is 4.79 Å². The molecule has 2 rings (SSSR count). The fraction of sp³-hybridized carbons (Fsp3) is 0.533. The second kappa shape index (κ2) is 5.91. The number of benzene rings is 1. The molecule has 1 heterocycles. The highest BCUT2D eigenvalue weighted by molar-refractivity contribution is 6.30. The van der Waals surface area contributed by atoms with Gasteiger partial charge in [-0.3, -0.25) is 4.79 Å². The molecule has 2 nitrogen and oxygen atoms in total. The first kappa shape index (κ1) is 14.3. The van der Waals surface area contributed by atoms with Crippen molar-refractivity contribution in [2.45, 2.75) is 39.0 Å². The summed E-state index contributed by atoms with van der Waals surface area (Å²) in [7, 11) is 0. The van der Waals surface area contributed by atoms with Gasteiger partial charge >= 0.3 is 0 Å². The molecule has 104 valence electrons. The predicted octanol–water partition coefficient (Wildman–Crippen LogP) is 3.90. The van der Waals surface area contributed by atoms with E-state index in [1.54, 1.807) is 12.1 Å². The monoisotopic (exact) mass is 283 g/mol. The number of rotatable bonds is 2. The second-order valence-corrected chi connectivity index (χ2v) is 5.54. The van der Waals surface area contributed by atoms with Crippen LogP contribution in [0.3, 0.4) is 0 Å². The van der Waals surface area contributed by atoms with Gasteiger partial charge in [-0.1, -0.05) is 18.5 Å². The minimum atomic E-state index is -0.352. The molecule has 0 aliphatic carbocycles. The Hall–Kier alpha value is -1.09. The van der Waals surface area contributed by atoms with Crippen LogP contribution in [-0.4, -0.2) is 23.9 Å². The zero-order valence-electron chi connectivity index (χ0n) is 11.4.